The van der Waals surface area contributed by atoms with E-state index in [0.717, 1.165) is 37.9 Å². The number of aromatic amines is 1. The van der Waals surface area contributed by atoms with E-state index >= 15 is 0 Å². The Morgan fingerprint density at radius 1 is 1.61 bits per heavy atom. The lowest BCUT2D eigenvalue weighted by Gasteiger charge is -2.28. The van der Waals surface area contributed by atoms with Crippen LogP contribution in [0.1, 0.15) is 38.3 Å². The second-order valence-corrected chi connectivity index (χ2v) is 4.77. The van der Waals surface area contributed by atoms with E-state index in [1.165, 1.54) is 0 Å². The molecule has 1 aromatic rings. The van der Waals surface area contributed by atoms with Gasteiger partial charge in [-0.2, -0.15) is 0 Å². The lowest BCUT2D eigenvalue weighted by atomic mass is 9.85. The normalized spacial score (nSPS) is 23.8. The average Bonchev–Trinajstić information content (AvgIpc) is 2.90. The highest BCUT2D eigenvalue weighted by molar-refractivity contribution is 5.72. The van der Waals surface area contributed by atoms with E-state index in [9.17, 15) is 4.79 Å². The molecule has 1 fully saturated rings. The summed E-state index contributed by atoms with van der Waals surface area (Å²) in [6.45, 7) is 3.11. The van der Waals surface area contributed by atoms with Crippen LogP contribution in [0.3, 0.4) is 0 Å². The Labute approximate surface area is 107 Å². The van der Waals surface area contributed by atoms with Crippen molar-refractivity contribution in [3.05, 3.63) is 18.2 Å². The summed E-state index contributed by atoms with van der Waals surface area (Å²) in [4.78, 5) is 18.8. The van der Waals surface area contributed by atoms with Crippen LogP contribution in [-0.2, 0) is 16.1 Å². The van der Waals surface area contributed by atoms with Gasteiger partial charge < -0.3 is 15.0 Å². The van der Waals surface area contributed by atoms with Crippen LogP contribution in [0.25, 0.3) is 0 Å². The van der Waals surface area contributed by atoms with E-state index in [-0.39, 0.29) is 11.9 Å². The second kappa shape index (κ2) is 6.54. The fourth-order valence-corrected chi connectivity index (χ4v) is 2.49. The highest BCUT2D eigenvalue weighted by atomic mass is 16.5. The topological polar surface area (TPSA) is 67.0 Å². The number of hydrogen-bond acceptors (Lipinski definition) is 4. The first kappa shape index (κ1) is 13.1. The zero-order chi connectivity index (χ0) is 12.8. The quantitative estimate of drug-likeness (QED) is 0.780. The molecule has 1 aromatic heterocycles. The van der Waals surface area contributed by atoms with Gasteiger partial charge in [-0.15, -0.1) is 0 Å². The van der Waals surface area contributed by atoms with Crippen molar-refractivity contribution in [2.75, 3.05) is 6.61 Å². The van der Waals surface area contributed by atoms with E-state index in [4.69, 9.17) is 4.74 Å². The molecule has 0 bridgehead atoms. The van der Waals surface area contributed by atoms with Crippen molar-refractivity contribution in [1.29, 1.82) is 0 Å². The van der Waals surface area contributed by atoms with Gasteiger partial charge in [0.2, 0.25) is 0 Å². The predicted molar refractivity (Wildman–Crippen MR) is 67.8 cm³/mol. The van der Waals surface area contributed by atoms with Crippen LogP contribution >= 0.6 is 0 Å². The Morgan fingerprint density at radius 2 is 2.50 bits per heavy atom. The van der Waals surface area contributed by atoms with Crippen LogP contribution in [0.2, 0.25) is 0 Å². The van der Waals surface area contributed by atoms with Crippen LogP contribution in [0.4, 0.5) is 0 Å². The Kier molecular flexibility index (Phi) is 4.75. The Hall–Kier alpha value is -1.36. The van der Waals surface area contributed by atoms with E-state index in [1.54, 1.807) is 6.33 Å². The van der Waals surface area contributed by atoms with Crippen molar-refractivity contribution in [2.24, 2.45) is 5.92 Å². The molecule has 0 aliphatic heterocycles. The van der Waals surface area contributed by atoms with Crippen molar-refractivity contribution in [3.8, 4) is 0 Å². The largest absolute Gasteiger partial charge is 0.466 e. The van der Waals surface area contributed by atoms with Gasteiger partial charge in [-0.1, -0.05) is 6.42 Å². The molecule has 1 aliphatic rings. The first-order valence-corrected chi connectivity index (χ1v) is 6.67. The Bertz CT molecular complexity index is 364. The number of nitrogens with zero attached hydrogens (tertiary/aromatic N) is 1. The molecular formula is C13H21N3O2. The summed E-state index contributed by atoms with van der Waals surface area (Å²) >= 11 is 0. The van der Waals surface area contributed by atoms with Gasteiger partial charge in [0.05, 0.1) is 18.9 Å². The molecule has 2 rings (SSSR count). The second-order valence-electron chi connectivity index (χ2n) is 4.77. The third-order valence-electron chi connectivity index (χ3n) is 3.43. The number of H-pyrrole nitrogens is 1. The Morgan fingerprint density at radius 3 is 3.22 bits per heavy atom. The van der Waals surface area contributed by atoms with Crippen molar-refractivity contribution in [3.63, 3.8) is 0 Å². The number of aromatic nitrogens is 2. The van der Waals surface area contributed by atoms with Crippen LogP contribution < -0.4 is 5.32 Å². The number of hydrogen-bond donors (Lipinski definition) is 2. The smallest absolute Gasteiger partial charge is 0.308 e. The number of nitrogens with one attached hydrogen (secondary N) is 2. The highest BCUT2D eigenvalue weighted by Gasteiger charge is 2.27. The molecule has 5 nitrogen and oxygen atoms in total. The number of ether oxygens (including phenoxy) is 1. The van der Waals surface area contributed by atoms with Gasteiger partial charge in [0.1, 0.15) is 0 Å². The fraction of sp³-hybridized carbons (Fsp3) is 0.692. The van der Waals surface area contributed by atoms with E-state index in [0.29, 0.717) is 12.6 Å². The first-order valence-electron chi connectivity index (χ1n) is 6.67. The molecule has 1 saturated carbocycles. The van der Waals surface area contributed by atoms with Crippen LogP contribution in [-0.4, -0.2) is 28.6 Å². The summed E-state index contributed by atoms with van der Waals surface area (Å²) in [6, 6.07) is 0.399. The van der Waals surface area contributed by atoms with Crippen LogP contribution in [0.15, 0.2) is 12.5 Å². The number of rotatable bonds is 5. The number of carbonyl (C=O) groups excluding carboxylic acids is 1. The van der Waals surface area contributed by atoms with E-state index in [2.05, 4.69) is 15.3 Å². The van der Waals surface area contributed by atoms with Crippen molar-refractivity contribution in [2.45, 2.75) is 45.2 Å². The van der Waals surface area contributed by atoms with Crippen LogP contribution in [0.5, 0.6) is 0 Å². The maximum atomic E-state index is 11.7. The van der Waals surface area contributed by atoms with Gasteiger partial charge in [-0.05, 0) is 26.2 Å². The lowest BCUT2D eigenvalue weighted by molar-refractivity contribution is -0.149. The van der Waals surface area contributed by atoms with Gasteiger partial charge in [-0.25, -0.2) is 4.98 Å². The SMILES string of the molecule is CCOC(=O)C1CCCC(NCc2cnc[nH]2)C1. The third-order valence-corrected chi connectivity index (χ3v) is 3.43. The summed E-state index contributed by atoms with van der Waals surface area (Å²) in [7, 11) is 0. The minimum atomic E-state index is -0.0365. The Balaban J connectivity index is 1.77. The summed E-state index contributed by atoms with van der Waals surface area (Å²) in [5, 5.41) is 3.47. The summed E-state index contributed by atoms with van der Waals surface area (Å²) in [5.74, 6) is 0.0310. The molecule has 0 amide bonds. The number of imidazole rings is 1. The molecule has 1 heterocycles. The first-order chi connectivity index (χ1) is 8.79. The van der Waals surface area contributed by atoms with E-state index in [1.807, 2.05) is 13.1 Å². The van der Waals surface area contributed by atoms with E-state index < -0.39 is 0 Å². The third kappa shape index (κ3) is 3.57. The summed E-state index contributed by atoms with van der Waals surface area (Å²) in [6.07, 6.45) is 7.56. The van der Waals surface area contributed by atoms with Crippen molar-refractivity contribution < 1.29 is 9.53 Å². The standard InChI is InChI=1S/C13H21N3O2/c1-2-18-13(17)10-4-3-5-11(6-10)15-8-12-7-14-9-16-12/h7,9-11,15H,2-6,8H2,1H3,(H,14,16). The van der Waals surface area contributed by atoms with Crippen molar-refractivity contribution in [1.82, 2.24) is 15.3 Å². The molecule has 0 saturated heterocycles. The lowest BCUT2D eigenvalue weighted by Crippen LogP contribution is -2.36. The highest BCUT2D eigenvalue weighted by Crippen LogP contribution is 2.25. The van der Waals surface area contributed by atoms with Gasteiger partial charge in [0, 0.05) is 24.5 Å². The molecule has 2 N–H and O–H groups in total. The molecule has 100 valence electrons. The van der Waals surface area contributed by atoms with Gasteiger partial charge >= 0.3 is 5.97 Å². The maximum Gasteiger partial charge on any atom is 0.308 e. The average molecular weight is 251 g/mol. The molecule has 1 aliphatic carbocycles. The van der Waals surface area contributed by atoms with Gasteiger partial charge in [-0.3, -0.25) is 4.79 Å². The minimum Gasteiger partial charge on any atom is -0.466 e. The monoisotopic (exact) mass is 251 g/mol. The predicted octanol–water partition coefficient (Wildman–Crippen LogP) is 1.62. The number of esters is 1. The fourth-order valence-electron chi connectivity index (χ4n) is 2.49. The summed E-state index contributed by atoms with van der Waals surface area (Å²) in [5.41, 5.74) is 1.08. The van der Waals surface area contributed by atoms with Gasteiger partial charge in [0.25, 0.3) is 0 Å². The molecule has 2 atom stereocenters. The van der Waals surface area contributed by atoms with Crippen LogP contribution in [0, 0.1) is 5.92 Å². The molecule has 18 heavy (non-hydrogen) atoms. The molecule has 0 radical (unpaired) electrons. The molecule has 5 heteroatoms. The molecular weight excluding hydrogens is 230 g/mol. The molecule has 0 spiro atoms. The minimum absolute atomic E-state index is 0.0365. The molecule has 0 aromatic carbocycles. The maximum absolute atomic E-state index is 11.7. The van der Waals surface area contributed by atoms with Gasteiger partial charge in [0.15, 0.2) is 0 Å². The zero-order valence-electron chi connectivity index (χ0n) is 10.8. The summed E-state index contributed by atoms with van der Waals surface area (Å²) < 4.78 is 5.10. The zero-order valence-corrected chi connectivity index (χ0v) is 10.8. The van der Waals surface area contributed by atoms with Crippen molar-refractivity contribution >= 4 is 5.97 Å². The molecule has 2 unspecified atom stereocenters. The number of carbonyl (C=O) groups is 1.